The summed E-state index contributed by atoms with van der Waals surface area (Å²) < 4.78 is 27.5. The van der Waals surface area contributed by atoms with Gasteiger partial charge in [-0.2, -0.15) is 0 Å². The molecule has 0 amide bonds. The summed E-state index contributed by atoms with van der Waals surface area (Å²) in [6.07, 6.45) is 0.978. The molecule has 0 aliphatic carbocycles. The molecule has 128 valence electrons. The van der Waals surface area contributed by atoms with Crippen LogP contribution >= 0.6 is 0 Å². The van der Waals surface area contributed by atoms with Gasteiger partial charge in [-0.3, -0.25) is 4.72 Å². The first-order valence-electron chi connectivity index (χ1n) is 7.71. The molecule has 6 heteroatoms. The average Bonchev–Trinajstić information content (AvgIpc) is 2.55. The fraction of sp³-hybridized carbons (Fsp3) is 0.278. The van der Waals surface area contributed by atoms with Crippen molar-refractivity contribution in [3.8, 4) is 0 Å². The number of sulfonamides is 1. The molecule has 0 radical (unpaired) electrons. The number of carboxylic acids is 1. The van der Waals surface area contributed by atoms with E-state index in [2.05, 4.69) is 18.6 Å². The molecule has 0 heterocycles. The summed E-state index contributed by atoms with van der Waals surface area (Å²) in [5.74, 6) is -0.738. The normalized spacial score (nSPS) is 12.6. The van der Waals surface area contributed by atoms with E-state index in [9.17, 15) is 13.2 Å². The molecule has 0 saturated heterocycles. The molecule has 1 unspecified atom stereocenters. The summed E-state index contributed by atoms with van der Waals surface area (Å²) in [4.78, 5) is 11.2. The first-order valence-corrected chi connectivity index (χ1v) is 9.19. The van der Waals surface area contributed by atoms with Crippen molar-refractivity contribution in [3.63, 3.8) is 0 Å². The van der Waals surface area contributed by atoms with Crippen molar-refractivity contribution in [2.45, 2.75) is 38.0 Å². The highest BCUT2D eigenvalue weighted by Crippen LogP contribution is 2.24. The van der Waals surface area contributed by atoms with E-state index in [0.29, 0.717) is 11.5 Å². The van der Waals surface area contributed by atoms with Gasteiger partial charge in [0, 0.05) is 0 Å². The molecule has 2 aromatic rings. The predicted octanol–water partition coefficient (Wildman–Crippen LogP) is 4.01. The third-order valence-corrected chi connectivity index (χ3v) is 5.48. The number of carbonyl (C=O) groups is 1. The number of nitrogens with one attached hydrogen (secondary N) is 1. The van der Waals surface area contributed by atoms with Crippen LogP contribution in [0.4, 0.5) is 5.69 Å². The Morgan fingerprint density at radius 2 is 1.79 bits per heavy atom. The third kappa shape index (κ3) is 3.94. The van der Waals surface area contributed by atoms with E-state index in [1.807, 2.05) is 12.1 Å². The summed E-state index contributed by atoms with van der Waals surface area (Å²) in [6, 6.07) is 11.1. The van der Waals surface area contributed by atoms with E-state index in [0.717, 1.165) is 12.0 Å². The molecule has 0 bridgehead atoms. The van der Waals surface area contributed by atoms with E-state index in [1.165, 1.54) is 12.1 Å². The molecule has 2 aromatic carbocycles. The zero-order chi connectivity index (χ0) is 17.9. The number of hydrogen-bond acceptors (Lipinski definition) is 3. The van der Waals surface area contributed by atoms with Crippen LogP contribution in [0, 0.1) is 6.92 Å². The van der Waals surface area contributed by atoms with Gasteiger partial charge in [0.15, 0.2) is 0 Å². The minimum absolute atomic E-state index is 0.0328. The number of aromatic carboxylic acids is 1. The monoisotopic (exact) mass is 347 g/mol. The number of hydrogen-bond donors (Lipinski definition) is 2. The highest BCUT2D eigenvalue weighted by atomic mass is 32.2. The highest BCUT2D eigenvalue weighted by Gasteiger charge is 2.17. The SMILES string of the molecule is CCC(C)c1ccc(S(=O)(=O)Nc2cc(C(=O)O)ccc2C)cc1. The highest BCUT2D eigenvalue weighted by molar-refractivity contribution is 7.92. The Bertz CT molecular complexity index is 842. The molecular weight excluding hydrogens is 326 g/mol. The summed E-state index contributed by atoms with van der Waals surface area (Å²) >= 11 is 0. The van der Waals surface area contributed by atoms with Crippen molar-refractivity contribution < 1.29 is 18.3 Å². The minimum atomic E-state index is -3.77. The Balaban J connectivity index is 2.32. The molecule has 2 N–H and O–H groups in total. The predicted molar refractivity (Wildman–Crippen MR) is 94.1 cm³/mol. The van der Waals surface area contributed by atoms with Gasteiger partial charge >= 0.3 is 5.97 Å². The maximum absolute atomic E-state index is 12.5. The molecule has 0 aliphatic rings. The van der Waals surface area contributed by atoms with Gasteiger partial charge in [0.25, 0.3) is 10.0 Å². The summed E-state index contributed by atoms with van der Waals surface area (Å²) in [5.41, 5.74) is 2.03. The van der Waals surface area contributed by atoms with Crippen LogP contribution in [-0.2, 0) is 10.0 Å². The van der Waals surface area contributed by atoms with E-state index < -0.39 is 16.0 Å². The van der Waals surface area contributed by atoms with E-state index in [-0.39, 0.29) is 16.1 Å². The zero-order valence-electron chi connectivity index (χ0n) is 13.9. The van der Waals surface area contributed by atoms with Crippen LogP contribution in [-0.4, -0.2) is 19.5 Å². The van der Waals surface area contributed by atoms with Gasteiger partial charge in [-0.25, -0.2) is 13.2 Å². The molecular formula is C18H21NO4S. The van der Waals surface area contributed by atoms with Gasteiger partial charge in [-0.15, -0.1) is 0 Å². The van der Waals surface area contributed by atoms with Gasteiger partial charge in [0.1, 0.15) is 0 Å². The van der Waals surface area contributed by atoms with Crippen LogP contribution in [0.25, 0.3) is 0 Å². The first kappa shape index (κ1) is 18.0. The van der Waals surface area contributed by atoms with Crippen molar-refractivity contribution in [2.75, 3.05) is 4.72 Å². The molecule has 1 atom stereocenters. The minimum Gasteiger partial charge on any atom is -0.478 e. The second-order valence-corrected chi connectivity index (χ2v) is 7.50. The van der Waals surface area contributed by atoms with Crippen molar-refractivity contribution in [3.05, 3.63) is 59.2 Å². The Labute approximate surface area is 142 Å². The lowest BCUT2D eigenvalue weighted by Gasteiger charge is -2.13. The lowest BCUT2D eigenvalue weighted by Crippen LogP contribution is -2.14. The van der Waals surface area contributed by atoms with Gasteiger partial charge < -0.3 is 5.11 Å². The Kier molecular flexibility index (Phi) is 5.29. The smallest absolute Gasteiger partial charge is 0.335 e. The van der Waals surface area contributed by atoms with E-state index in [4.69, 9.17) is 5.11 Å². The molecule has 0 saturated carbocycles. The maximum atomic E-state index is 12.5. The van der Waals surface area contributed by atoms with Gasteiger partial charge in [-0.1, -0.05) is 32.0 Å². The number of rotatable bonds is 6. The van der Waals surface area contributed by atoms with Crippen molar-refractivity contribution in [2.24, 2.45) is 0 Å². The zero-order valence-corrected chi connectivity index (χ0v) is 14.7. The van der Waals surface area contributed by atoms with Crippen molar-refractivity contribution in [1.82, 2.24) is 0 Å². The van der Waals surface area contributed by atoms with E-state index in [1.54, 1.807) is 25.1 Å². The summed E-state index contributed by atoms with van der Waals surface area (Å²) in [6.45, 7) is 5.88. The average molecular weight is 347 g/mol. The van der Waals surface area contributed by atoms with Crippen LogP contribution in [0.3, 0.4) is 0 Å². The number of carboxylic acid groups (broad SMARTS) is 1. The van der Waals surface area contributed by atoms with Gasteiger partial charge in [-0.05, 0) is 54.7 Å². The Morgan fingerprint density at radius 1 is 1.17 bits per heavy atom. The molecule has 2 rings (SSSR count). The van der Waals surface area contributed by atoms with Crippen LogP contribution < -0.4 is 4.72 Å². The summed E-state index contributed by atoms with van der Waals surface area (Å²) in [5, 5.41) is 9.04. The summed E-state index contributed by atoms with van der Waals surface area (Å²) in [7, 11) is -3.77. The van der Waals surface area contributed by atoms with Gasteiger partial charge in [0.05, 0.1) is 16.1 Å². The molecule has 24 heavy (non-hydrogen) atoms. The largest absolute Gasteiger partial charge is 0.478 e. The fourth-order valence-corrected chi connectivity index (χ4v) is 3.40. The fourth-order valence-electron chi connectivity index (χ4n) is 2.28. The molecule has 0 spiro atoms. The Hall–Kier alpha value is -2.34. The molecule has 5 nitrogen and oxygen atoms in total. The molecule has 0 aromatic heterocycles. The first-order chi connectivity index (χ1) is 11.2. The van der Waals surface area contributed by atoms with Gasteiger partial charge in [0.2, 0.25) is 0 Å². The second kappa shape index (κ2) is 7.05. The van der Waals surface area contributed by atoms with Crippen LogP contribution in [0.1, 0.15) is 47.7 Å². The van der Waals surface area contributed by atoms with Crippen LogP contribution in [0.2, 0.25) is 0 Å². The number of benzene rings is 2. The lowest BCUT2D eigenvalue weighted by atomic mass is 9.99. The maximum Gasteiger partial charge on any atom is 0.335 e. The third-order valence-electron chi connectivity index (χ3n) is 4.10. The number of anilines is 1. The Morgan fingerprint density at radius 3 is 2.33 bits per heavy atom. The quantitative estimate of drug-likeness (QED) is 0.827. The number of aryl methyl sites for hydroxylation is 1. The molecule has 0 fully saturated rings. The lowest BCUT2D eigenvalue weighted by molar-refractivity contribution is 0.0697. The standard InChI is InChI=1S/C18H21NO4S/c1-4-12(2)14-7-9-16(10-8-14)24(22,23)19-17-11-15(18(20)21)6-5-13(17)3/h5-12,19H,4H2,1-3H3,(H,20,21). The van der Waals surface area contributed by atoms with Crippen molar-refractivity contribution >= 4 is 21.7 Å². The van der Waals surface area contributed by atoms with Crippen LogP contribution in [0.15, 0.2) is 47.4 Å². The molecule has 0 aliphatic heterocycles. The van der Waals surface area contributed by atoms with Crippen LogP contribution in [0.5, 0.6) is 0 Å². The van der Waals surface area contributed by atoms with E-state index >= 15 is 0 Å². The second-order valence-electron chi connectivity index (χ2n) is 5.82. The topological polar surface area (TPSA) is 83.5 Å². The van der Waals surface area contributed by atoms with Crippen molar-refractivity contribution in [1.29, 1.82) is 0 Å².